The van der Waals surface area contributed by atoms with Crippen molar-refractivity contribution in [3.05, 3.63) is 61.5 Å². The second-order valence-corrected chi connectivity index (χ2v) is 7.36. The monoisotopic (exact) mass is 467 g/mol. The Morgan fingerprint density at radius 3 is 2.67 bits per heavy atom. The summed E-state index contributed by atoms with van der Waals surface area (Å²) in [6.45, 7) is 1.31. The molecule has 0 unspecified atom stereocenters. The molecule has 0 N–H and O–H groups in total. The first kappa shape index (κ1) is 20.2. The molecular formula is C20H16BrCl2NO3. The molecule has 1 saturated heterocycles. The highest BCUT2D eigenvalue weighted by Gasteiger charge is 2.23. The van der Waals surface area contributed by atoms with Crippen molar-refractivity contribution in [2.75, 3.05) is 19.8 Å². The molecule has 27 heavy (non-hydrogen) atoms. The lowest BCUT2D eigenvalue weighted by Crippen LogP contribution is -2.05. The van der Waals surface area contributed by atoms with E-state index in [1.807, 2.05) is 36.4 Å². The Labute approximate surface area is 176 Å². The van der Waals surface area contributed by atoms with Crippen LogP contribution in [0.5, 0.6) is 5.75 Å². The maximum atomic E-state index is 8.75. The number of nitrogens with zero attached hydrogens (tertiary/aromatic N) is 1. The van der Waals surface area contributed by atoms with E-state index in [0.29, 0.717) is 34.6 Å². The largest absolute Gasteiger partial charge is 0.492 e. The number of hydrogen-bond acceptors (Lipinski definition) is 4. The highest BCUT2D eigenvalue weighted by molar-refractivity contribution is 9.10. The molecule has 1 heterocycles. The Morgan fingerprint density at radius 1 is 1.19 bits per heavy atom. The third-order valence-electron chi connectivity index (χ3n) is 3.90. The Balaban J connectivity index is 1.92. The molecule has 7 heteroatoms. The topological polar surface area (TPSA) is 51.5 Å². The molecule has 4 nitrogen and oxygen atoms in total. The van der Waals surface area contributed by atoms with Crippen LogP contribution in [0.15, 0.2) is 34.8 Å². The summed E-state index contributed by atoms with van der Waals surface area (Å²) >= 11 is 16.2. The molecule has 0 radical (unpaired) electrons. The zero-order chi connectivity index (χ0) is 19.2. The van der Waals surface area contributed by atoms with Crippen LogP contribution in [0.3, 0.4) is 0 Å². The summed E-state index contributed by atoms with van der Waals surface area (Å²) < 4.78 is 17.7. The number of hydrogen-bond donors (Lipinski definition) is 0. The number of halogens is 3. The summed E-state index contributed by atoms with van der Waals surface area (Å²) in [6.07, 6.45) is 3.52. The van der Waals surface area contributed by atoms with E-state index in [1.54, 1.807) is 6.07 Å². The minimum Gasteiger partial charge on any atom is -0.492 e. The summed E-state index contributed by atoms with van der Waals surface area (Å²) in [5.41, 5.74) is 2.34. The maximum absolute atomic E-state index is 8.75. The van der Waals surface area contributed by atoms with Crippen LogP contribution < -0.4 is 4.74 Å². The van der Waals surface area contributed by atoms with Gasteiger partial charge in [0.1, 0.15) is 12.4 Å². The summed E-state index contributed by atoms with van der Waals surface area (Å²) in [6, 6.07) is 11.4. The van der Waals surface area contributed by atoms with Crippen molar-refractivity contribution in [3.8, 4) is 11.8 Å². The first-order valence-corrected chi connectivity index (χ1v) is 9.83. The highest BCUT2D eigenvalue weighted by Crippen LogP contribution is 2.36. The first-order valence-electron chi connectivity index (χ1n) is 8.28. The van der Waals surface area contributed by atoms with Crippen molar-refractivity contribution < 1.29 is 14.2 Å². The lowest BCUT2D eigenvalue weighted by atomic mass is 10.1. The van der Waals surface area contributed by atoms with Gasteiger partial charge in [-0.25, -0.2) is 0 Å². The van der Waals surface area contributed by atoms with Crippen LogP contribution in [0.1, 0.15) is 29.4 Å². The molecule has 140 valence electrons. The van der Waals surface area contributed by atoms with Gasteiger partial charge in [-0.05, 0) is 45.3 Å². The van der Waals surface area contributed by atoms with E-state index < -0.39 is 6.29 Å². The average molecular weight is 469 g/mol. The lowest BCUT2D eigenvalue weighted by Gasteiger charge is -2.17. The Bertz CT molecular complexity index is 890. The fourth-order valence-electron chi connectivity index (χ4n) is 2.59. The molecule has 0 atom stereocenters. The van der Waals surface area contributed by atoms with Gasteiger partial charge < -0.3 is 14.2 Å². The van der Waals surface area contributed by atoms with Crippen LogP contribution in [0.2, 0.25) is 10.0 Å². The molecule has 1 fully saturated rings. The summed E-state index contributed by atoms with van der Waals surface area (Å²) in [5, 5.41) is 9.92. The van der Waals surface area contributed by atoms with Gasteiger partial charge in [-0.2, -0.15) is 5.26 Å². The molecule has 0 aromatic heterocycles. The fourth-order valence-corrected chi connectivity index (χ4v) is 3.40. The van der Waals surface area contributed by atoms with Crippen LogP contribution in [-0.4, -0.2) is 19.8 Å². The normalized spacial score (nSPS) is 14.6. The predicted molar refractivity (Wildman–Crippen MR) is 110 cm³/mol. The van der Waals surface area contributed by atoms with Crippen LogP contribution >= 0.6 is 39.1 Å². The zero-order valence-corrected chi connectivity index (χ0v) is 17.4. The molecule has 1 aliphatic rings. The minimum atomic E-state index is -0.517. The van der Waals surface area contributed by atoms with Gasteiger partial charge in [0.05, 0.1) is 36.3 Å². The molecule has 0 aliphatic carbocycles. The van der Waals surface area contributed by atoms with Gasteiger partial charge in [-0.1, -0.05) is 47.5 Å². The van der Waals surface area contributed by atoms with Crippen molar-refractivity contribution >= 4 is 51.3 Å². The average Bonchev–Trinajstić information content (AvgIpc) is 3.19. The van der Waals surface area contributed by atoms with Gasteiger partial charge in [0, 0.05) is 9.50 Å². The van der Waals surface area contributed by atoms with Gasteiger partial charge in [-0.3, -0.25) is 0 Å². The molecule has 0 spiro atoms. The van der Waals surface area contributed by atoms with Gasteiger partial charge in [0.25, 0.3) is 0 Å². The van der Waals surface area contributed by atoms with Crippen molar-refractivity contribution in [1.29, 1.82) is 5.26 Å². The van der Waals surface area contributed by atoms with E-state index in [4.69, 9.17) is 42.7 Å². The van der Waals surface area contributed by atoms with Gasteiger partial charge in [0.15, 0.2) is 6.29 Å². The molecule has 1 aliphatic heterocycles. The van der Waals surface area contributed by atoms with Gasteiger partial charge in [0.2, 0.25) is 0 Å². The van der Waals surface area contributed by atoms with Crippen LogP contribution in [-0.2, 0) is 9.47 Å². The van der Waals surface area contributed by atoms with Crippen LogP contribution in [0.25, 0.3) is 12.2 Å². The zero-order valence-electron chi connectivity index (χ0n) is 14.3. The highest BCUT2D eigenvalue weighted by atomic mass is 79.9. The van der Waals surface area contributed by atoms with E-state index in [-0.39, 0.29) is 13.0 Å². The molecule has 0 amide bonds. The third kappa shape index (κ3) is 5.04. The second-order valence-electron chi connectivity index (χ2n) is 5.72. The van der Waals surface area contributed by atoms with Crippen molar-refractivity contribution in [3.63, 3.8) is 0 Å². The van der Waals surface area contributed by atoms with Crippen molar-refractivity contribution in [2.45, 2.75) is 12.7 Å². The molecule has 2 aromatic carbocycles. The Morgan fingerprint density at radius 2 is 1.93 bits per heavy atom. The second kappa shape index (κ2) is 9.59. The predicted octanol–water partition coefficient (Wildman–Crippen LogP) is 6.26. The SMILES string of the molecule is N#CCCOc1cc(/C=C/c2cccc(Br)c2Cl)c(Cl)cc1C1OCCO1. The summed E-state index contributed by atoms with van der Waals surface area (Å²) in [5.74, 6) is 0.585. The molecule has 0 saturated carbocycles. The van der Waals surface area contributed by atoms with Crippen LogP contribution in [0.4, 0.5) is 0 Å². The third-order valence-corrected chi connectivity index (χ3v) is 5.54. The van der Waals surface area contributed by atoms with E-state index in [9.17, 15) is 0 Å². The number of ether oxygens (including phenoxy) is 3. The maximum Gasteiger partial charge on any atom is 0.187 e. The summed E-state index contributed by atoms with van der Waals surface area (Å²) in [4.78, 5) is 0. The first-order chi connectivity index (χ1) is 13.1. The van der Waals surface area contributed by atoms with Gasteiger partial charge in [-0.15, -0.1) is 0 Å². The van der Waals surface area contributed by atoms with Crippen LogP contribution in [0, 0.1) is 11.3 Å². The molecular weight excluding hydrogens is 453 g/mol. The molecule has 0 bridgehead atoms. The quantitative estimate of drug-likeness (QED) is 0.370. The number of nitriles is 1. The fraction of sp³-hybridized carbons (Fsp3) is 0.250. The minimum absolute atomic E-state index is 0.276. The Hall–Kier alpha value is -1.55. The van der Waals surface area contributed by atoms with Gasteiger partial charge >= 0.3 is 0 Å². The van der Waals surface area contributed by atoms with E-state index in [0.717, 1.165) is 15.6 Å². The number of benzene rings is 2. The number of rotatable bonds is 6. The van der Waals surface area contributed by atoms with E-state index in [1.165, 1.54) is 0 Å². The van der Waals surface area contributed by atoms with E-state index >= 15 is 0 Å². The summed E-state index contributed by atoms with van der Waals surface area (Å²) in [7, 11) is 0. The van der Waals surface area contributed by atoms with E-state index in [2.05, 4.69) is 22.0 Å². The molecule has 2 aromatic rings. The molecule has 3 rings (SSSR count). The lowest BCUT2D eigenvalue weighted by molar-refractivity contribution is -0.0457. The van der Waals surface area contributed by atoms with Crippen molar-refractivity contribution in [1.82, 2.24) is 0 Å². The standard InChI is InChI=1S/C20H16BrCl2NO3/c21-16-4-1-3-13(19(16)23)5-6-14-11-18(25-8-2-7-24)15(12-17(14)22)20-26-9-10-27-20/h1,3-6,11-12,20H,2,8-10H2/b6-5+. The van der Waals surface area contributed by atoms with Crippen molar-refractivity contribution in [2.24, 2.45) is 0 Å². The Kier molecular flexibility index (Phi) is 7.17. The smallest absolute Gasteiger partial charge is 0.187 e.